The quantitative estimate of drug-likeness (QED) is 0.662. The van der Waals surface area contributed by atoms with Crippen molar-refractivity contribution in [3.05, 3.63) is 0 Å². The Morgan fingerprint density at radius 2 is 1.86 bits per heavy atom. The Balaban J connectivity index is 1.62. The van der Waals surface area contributed by atoms with Crippen LogP contribution in [0.5, 0.6) is 0 Å². The van der Waals surface area contributed by atoms with Crippen molar-refractivity contribution < 1.29 is 24.9 Å². The fourth-order valence-corrected chi connectivity index (χ4v) is 8.41. The third-order valence-electron chi connectivity index (χ3n) is 10.1. The summed E-state index contributed by atoms with van der Waals surface area (Å²) in [6.45, 7) is 6.54. The molecule has 4 saturated carbocycles. The zero-order valence-electron chi connectivity index (χ0n) is 18.1. The number of carboxylic acid groups (broad SMARTS) is 1. The number of aliphatic hydroxyl groups is 2. The van der Waals surface area contributed by atoms with Crippen molar-refractivity contribution in [2.75, 3.05) is 0 Å². The van der Waals surface area contributed by atoms with E-state index in [2.05, 4.69) is 20.8 Å². The average Bonchev–Trinajstić information content (AvgIpc) is 3.01. The second-order valence-corrected chi connectivity index (χ2v) is 11.2. The molecule has 4 fully saturated rings. The normalized spacial score (nSPS) is 50.4. The molecule has 0 aromatic heterocycles. The van der Waals surface area contributed by atoms with Crippen LogP contribution in [0, 0.1) is 46.3 Å². The molecule has 0 saturated heterocycles. The molecule has 0 spiro atoms. The van der Waals surface area contributed by atoms with Gasteiger partial charge in [0, 0.05) is 18.3 Å². The maximum Gasteiger partial charge on any atom is 0.303 e. The van der Waals surface area contributed by atoms with Crippen LogP contribution in [0.15, 0.2) is 0 Å². The maximum atomic E-state index is 13.6. The number of ketones is 1. The first kappa shape index (κ1) is 21.3. The average molecular weight is 407 g/mol. The smallest absolute Gasteiger partial charge is 0.303 e. The van der Waals surface area contributed by atoms with Crippen LogP contribution in [0.2, 0.25) is 0 Å². The number of aliphatic carboxylic acids is 1. The predicted molar refractivity (Wildman–Crippen MR) is 109 cm³/mol. The first-order chi connectivity index (χ1) is 13.6. The molecule has 0 unspecified atom stereocenters. The van der Waals surface area contributed by atoms with E-state index in [9.17, 15) is 19.8 Å². The van der Waals surface area contributed by atoms with Crippen LogP contribution in [-0.4, -0.2) is 39.3 Å². The summed E-state index contributed by atoms with van der Waals surface area (Å²) in [5.41, 5.74) is -0.398. The molecule has 0 amide bonds. The number of rotatable bonds is 4. The van der Waals surface area contributed by atoms with Gasteiger partial charge in [0.2, 0.25) is 0 Å². The van der Waals surface area contributed by atoms with Gasteiger partial charge in [-0.25, -0.2) is 0 Å². The van der Waals surface area contributed by atoms with E-state index in [1.807, 2.05) is 0 Å². The van der Waals surface area contributed by atoms with E-state index >= 15 is 0 Å². The molecule has 5 heteroatoms. The number of aliphatic hydroxyl groups excluding tert-OH is 2. The highest BCUT2D eigenvalue weighted by molar-refractivity contribution is 5.87. The molecule has 0 heterocycles. The summed E-state index contributed by atoms with van der Waals surface area (Å²) in [6, 6.07) is 0. The molecule has 29 heavy (non-hydrogen) atoms. The SMILES string of the molecule is C[C@H](CCC(=O)O)[C@@H]1CC[C@H]2[C@H]3[C@H](O)C[C@H]4C[C@@H](O)CC[C@]4(C)[C@@H]3CC(=O)[C@@]21C. The van der Waals surface area contributed by atoms with Crippen molar-refractivity contribution in [2.24, 2.45) is 46.3 Å². The molecular weight excluding hydrogens is 368 g/mol. The Kier molecular flexibility index (Phi) is 5.39. The molecule has 0 bridgehead atoms. The van der Waals surface area contributed by atoms with E-state index in [1.165, 1.54) is 0 Å². The summed E-state index contributed by atoms with van der Waals surface area (Å²) < 4.78 is 0. The Morgan fingerprint density at radius 3 is 2.55 bits per heavy atom. The van der Waals surface area contributed by atoms with E-state index in [1.54, 1.807) is 0 Å². The summed E-state index contributed by atoms with van der Waals surface area (Å²) in [4.78, 5) is 24.7. The number of carbonyl (C=O) groups excluding carboxylic acids is 1. The lowest BCUT2D eigenvalue weighted by Gasteiger charge is -2.61. The molecule has 4 rings (SSSR count). The Bertz CT molecular complexity index is 676. The summed E-state index contributed by atoms with van der Waals surface area (Å²) in [7, 11) is 0. The summed E-state index contributed by atoms with van der Waals surface area (Å²) >= 11 is 0. The van der Waals surface area contributed by atoms with Crippen LogP contribution >= 0.6 is 0 Å². The molecule has 4 aliphatic rings. The minimum absolute atomic E-state index is 0.0348. The fourth-order valence-electron chi connectivity index (χ4n) is 8.41. The lowest BCUT2D eigenvalue weighted by Crippen LogP contribution is -2.61. The first-order valence-electron chi connectivity index (χ1n) is 11.7. The van der Waals surface area contributed by atoms with Crippen molar-refractivity contribution >= 4 is 11.8 Å². The molecule has 0 aromatic carbocycles. The number of Topliss-reactive ketones (excluding diaryl/α,β-unsaturated/α-hetero) is 1. The predicted octanol–water partition coefficient (Wildman–Crippen LogP) is 3.66. The largest absolute Gasteiger partial charge is 0.481 e. The number of hydrogen-bond acceptors (Lipinski definition) is 4. The highest BCUT2D eigenvalue weighted by Gasteiger charge is 2.65. The third-order valence-corrected chi connectivity index (χ3v) is 10.1. The van der Waals surface area contributed by atoms with E-state index in [0.717, 1.165) is 38.5 Å². The van der Waals surface area contributed by atoms with Gasteiger partial charge < -0.3 is 15.3 Å². The van der Waals surface area contributed by atoms with E-state index in [0.29, 0.717) is 24.5 Å². The highest BCUT2D eigenvalue weighted by Crippen LogP contribution is 2.67. The van der Waals surface area contributed by atoms with Crippen molar-refractivity contribution in [1.82, 2.24) is 0 Å². The van der Waals surface area contributed by atoms with Gasteiger partial charge in [0.05, 0.1) is 12.2 Å². The number of hydrogen-bond donors (Lipinski definition) is 3. The van der Waals surface area contributed by atoms with Gasteiger partial charge in [0.25, 0.3) is 0 Å². The van der Waals surface area contributed by atoms with Crippen LogP contribution in [0.1, 0.15) is 78.6 Å². The number of fused-ring (bicyclic) bond motifs is 5. The van der Waals surface area contributed by atoms with E-state index in [-0.39, 0.29) is 47.5 Å². The van der Waals surface area contributed by atoms with Crippen LogP contribution in [0.4, 0.5) is 0 Å². The Labute approximate surface area is 174 Å². The zero-order valence-corrected chi connectivity index (χ0v) is 18.1. The van der Waals surface area contributed by atoms with Crippen LogP contribution < -0.4 is 0 Å². The first-order valence-corrected chi connectivity index (χ1v) is 11.7. The fraction of sp³-hybridized carbons (Fsp3) is 0.917. The van der Waals surface area contributed by atoms with Crippen molar-refractivity contribution in [3.63, 3.8) is 0 Å². The van der Waals surface area contributed by atoms with Gasteiger partial charge in [-0.15, -0.1) is 0 Å². The van der Waals surface area contributed by atoms with Gasteiger partial charge in [-0.05, 0) is 85.9 Å². The van der Waals surface area contributed by atoms with E-state index < -0.39 is 17.5 Å². The monoisotopic (exact) mass is 406 g/mol. The standard InChI is InChI=1S/C24H38O5/c1-13(4-7-21(28)29)16-5-6-17-22-18(12-20(27)24(16,17)3)23(2)9-8-15(25)10-14(23)11-19(22)26/h13-19,22,25-26H,4-12H2,1-3H3,(H,28,29)/t13-,14-,15+,16+,17+,18-,19-,22-,23+,24-/m1/s1. The Morgan fingerprint density at radius 1 is 1.14 bits per heavy atom. The van der Waals surface area contributed by atoms with Gasteiger partial charge >= 0.3 is 5.97 Å². The van der Waals surface area contributed by atoms with Gasteiger partial charge in [-0.1, -0.05) is 20.8 Å². The molecule has 3 N–H and O–H groups in total. The molecule has 10 atom stereocenters. The van der Waals surface area contributed by atoms with Gasteiger partial charge in [0.15, 0.2) is 0 Å². The van der Waals surface area contributed by atoms with Crippen molar-refractivity contribution in [2.45, 2.75) is 90.8 Å². The molecule has 4 aliphatic carbocycles. The summed E-state index contributed by atoms with van der Waals surface area (Å²) in [5.74, 6) is 0.855. The zero-order chi connectivity index (χ0) is 21.1. The van der Waals surface area contributed by atoms with Crippen molar-refractivity contribution in [1.29, 1.82) is 0 Å². The maximum absolute atomic E-state index is 13.6. The molecule has 164 valence electrons. The molecular formula is C24H38O5. The Hall–Kier alpha value is -0.940. The number of carbonyl (C=O) groups is 2. The van der Waals surface area contributed by atoms with E-state index in [4.69, 9.17) is 5.11 Å². The second kappa shape index (κ2) is 7.33. The summed E-state index contributed by atoms with van der Waals surface area (Å²) in [5, 5.41) is 30.5. The number of carboxylic acids is 1. The topological polar surface area (TPSA) is 94.8 Å². The van der Waals surface area contributed by atoms with Crippen LogP contribution in [-0.2, 0) is 9.59 Å². The lowest BCUT2D eigenvalue weighted by molar-refractivity contribution is -0.181. The highest BCUT2D eigenvalue weighted by atomic mass is 16.4. The minimum Gasteiger partial charge on any atom is -0.481 e. The lowest BCUT2D eigenvalue weighted by atomic mass is 9.43. The second-order valence-electron chi connectivity index (χ2n) is 11.2. The van der Waals surface area contributed by atoms with Gasteiger partial charge in [0.1, 0.15) is 5.78 Å². The van der Waals surface area contributed by atoms with Crippen LogP contribution in [0.25, 0.3) is 0 Å². The summed E-state index contributed by atoms with van der Waals surface area (Å²) in [6.07, 6.45) is 5.82. The van der Waals surface area contributed by atoms with Gasteiger partial charge in [-0.2, -0.15) is 0 Å². The third kappa shape index (κ3) is 3.18. The van der Waals surface area contributed by atoms with Crippen LogP contribution in [0.3, 0.4) is 0 Å². The van der Waals surface area contributed by atoms with Gasteiger partial charge in [-0.3, -0.25) is 9.59 Å². The van der Waals surface area contributed by atoms with Crippen molar-refractivity contribution in [3.8, 4) is 0 Å². The molecule has 5 nitrogen and oxygen atoms in total. The molecule has 0 aromatic rings. The molecule has 0 radical (unpaired) electrons. The minimum atomic E-state index is -0.771. The molecule has 0 aliphatic heterocycles.